The Labute approximate surface area is 185 Å². The third-order valence-corrected chi connectivity index (χ3v) is 4.59. The van der Waals surface area contributed by atoms with E-state index in [4.69, 9.17) is 21.3 Å². The Balaban J connectivity index is 1.60. The van der Waals surface area contributed by atoms with Gasteiger partial charge in [0.15, 0.2) is 5.96 Å². The second-order valence-electron chi connectivity index (χ2n) is 7.02. The van der Waals surface area contributed by atoms with E-state index in [-0.39, 0.29) is 18.9 Å². The van der Waals surface area contributed by atoms with Crippen molar-refractivity contribution in [3.63, 3.8) is 0 Å². The Morgan fingerprint density at radius 2 is 1.62 bits per heavy atom. The molecule has 8 nitrogen and oxygen atoms in total. The van der Waals surface area contributed by atoms with Crippen molar-refractivity contribution in [2.45, 2.75) is 19.0 Å². The number of nitrogens with zero attached hydrogens (tertiary/aromatic N) is 1. The van der Waals surface area contributed by atoms with E-state index in [1.54, 1.807) is 24.3 Å². The molecule has 32 heavy (non-hydrogen) atoms. The van der Waals surface area contributed by atoms with Gasteiger partial charge in [-0.15, -0.1) is 0 Å². The summed E-state index contributed by atoms with van der Waals surface area (Å²) in [5.41, 5.74) is 13.3. The van der Waals surface area contributed by atoms with Gasteiger partial charge in [-0.2, -0.15) is 0 Å². The van der Waals surface area contributed by atoms with Gasteiger partial charge in [0.2, 0.25) is 0 Å². The van der Waals surface area contributed by atoms with E-state index in [1.807, 2.05) is 54.6 Å². The van der Waals surface area contributed by atoms with E-state index < -0.39 is 17.9 Å². The molecular weight excluding hydrogens is 408 g/mol. The number of para-hydroxylation sites is 2. The summed E-state index contributed by atoms with van der Waals surface area (Å²) < 4.78 is 5.90. The van der Waals surface area contributed by atoms with Gasteiger partial charge < -0.3 is 21.3 Å². The average Bonchev–Trinajstić information content (AvgIpc) is 2.79. The molecule has 1 atom stereocenters. The molecule has 0 radical (unpaired) electrons. The lowest BCUT2D eigenvalue weighted by Crippen LogP contribution is -2.36. The topological polar surface area (TPSA) is 140 Å². The van der Waals surface area contributed by atoms with Crippen LogP contribution in [-0.2, 0) is 17.8 Å². The number of rotatable bonds is 8. The molecule has 3 aromatic rings. The largest absolute Gasteiger partial charge is 0.480 e. The van der Waals surface area contributed by atoms with E-state index in [0.717, 1.165) is 5.56 Å². The second-order valence-corrected chi connectivity index (χ2v) is 7.02. The van der Waals surface area contributed by atoms with Crippen LogP contribution >= 0.6 is 0 Å². The van der Waals surface area contributed by atoms with Crippen LogP contribution in [0.4, 0.5) is 0 Å². The molecule has 0 saturated carbocycles. The standard InChI is InChI=1S/C24H24N4O4/c25-20(23(30)31)14-16-10-12-17(13-11-16)22(29)28-24(26)27-15-18-6-4-5-9-21(18)32-19-7-2-1-3-8-19/h1-13,20H,14-15,25H2,(H,30,31)(H3,26,27,28,29). The first-order chi connectivity index (χ1) is 15.4. The van der Waals surface area contributed by atoms with Crippen molar-refractivity contribution < 1.29 is 19.4 Å². The fraction of sp³-hybridized carbons (Fsp3) is 0.125. The van der Waals surface area contributed by atoms with Crippen molar-refractivity contribution in [2.24, 2.45) is 16.5 Å². The third-order valence-electron chi connectivity index (χ3n) is 4.59. The summed E-state index contributed by atoms with van der Waals surface area (Å²) in [6.07, 6.45) is 0.172. The van der Waals surface area contributed by atoms with Gasteiger partial charge in [-0.1, -0.05) is 48.5 Å². The number of benzene rings is 3. The van der Waals surface area contributed by atoms with Crippen LogP contribution in [0.5, 0.6) is 11.5 Å². The van der Waals surface area contributed by atoms with Crippen LogP contribution in [0.2, 0.25) is 0 Å². The number of hydrogen-bond acceptors (Lipinski definition) is 5. The molecule has 0 aliphatic carbocycles. The minimum absolute atomic E-state index is 0.0264. The molecule has 0 heterocycles. The van der Waals surface area contributed by atoms with Gasteiger partial charge in [-0.3, -0.25) is 14.9 Å². The van der Waals surface area contributed by atoms with Crippen molar-refractivity contribution in [1.82, 2.24) is 5.32 Å². The first-order valence-corrected chi connectivity index (χ1v) is 9.92. The number of carboxylic acids is 1. The number of nitrogens with one attached hydrogen (secondary N) is 1. The summed E-state index contributed by atoms with van der Waals surface area (Å²) in [6, 6.07) is 22.3. The zero-order valence-electron chi connectivity index (χ0n) is 17.3. The quantitative estimate of drug-likeness (QED) is 0.319. The molecule has 0 aliphatic heterocycles. The van der Waals surface area contributed by atoms with E-state index in [1.165, 1.54) is 0 Å². The number of carboxylic acid groups (broad SMARTS) is 1. The van der Waals surface area contributed by atoms with E-state index in [0.29, 0.717) is 22.6 Å². The predicted molar refractivity (Wildman–Crippen MR) is 122 cm³/mol. The Hall–Kier alpha value is -4.17. The smallest absolute Gasteiger partial charge is 0.320 e. The lowest BCUT2D eigenvalue weighted by atomic mass is 10.0. The van der Waals surface area contributed by atoms with E-state index in [9.17, 15) is 9.59 Å². The summed E-state index contributed by atoms with van der Waals surface area (Å²) in [7, 11) is 0. The van der Waals surface area contributed by atoms with Crippen LogP contribution in [0.1, 0.15) is 21.5 Å². The Bertz CT molecular complexity index is 1100. The number of guanidine groups is 1. The molecule has 164 valence electrons. The molecule has 0 bridgehead atoms. The minimum atomic E-state index is -1.08. The number of amides is 1. The highest BCUT2D eigenvalue weighted by atomic mass is 16.5. The van der Waals surface area contributed by atoms with Crippen molar-refractivity contribution in [3.8, 4) is 11.5 Å². The highest BCUT2D eigenvalue weighted by Gasteiger charge is 2.13. The van der Waals surface area contributed by atoms with Gasteiger partial charge in [0.1, 0.15) is 17.5 Å². The number of carbonyl (C=O) groups excluding carboxylic acids is 1. The molecule has 0 saturated heterocycles. The molecular formula is C24H24N4O4. The molecule has 0 aromatic heterocycles. The number of carbonyl (C=O) groups is 2. The maximum atomic E-state index is 12.4. The predicted octanol–water partition coefficient (Wildman–Crippen LogP) is 2.68. The SMILES string of the molecule is NC(=NCc1ccccc1Oc1ccccc1)NC(=O)c1ccc(CC(N)C(=O)O)cc1. The van der Waals surface area contributed by atoms with Crippen LogP contribution in [-0.4, -0.2) is 29.0 Å². The van der Waals surface area contributed by atoms with Crippen LogP contribution < -0.4 is 21.5 Å². The highest BCUT2D eigenvalue weighted by Crippen LogP contribution is 2.25. The maximum Gasteiger partial charge on any atom is 0.320 e. The highest BCUT2D eigenvalue weighted by molar-refractivity contribution is 6.05. The summed E-state index contributed by atoms with van der Waals surface area (Å²) in [4.78, 5) is 27.5. The number of nitrogens with two attached hydrogens (primary N) is 2. The van der Waals surface area contributed by atoms with Gasteiger partial charge in [0, 0.05) is 11.1 Å². The zero-order chi connectivity index (χ0) is 22.9. The fourth-order valence-electron chi connectivity index (χ4n) is 2.88. The van der Waals surface area contributed by atoms with E-state index >= 15 is 0 Å². The van der Waals surface area contributed by atoms with E-state index in [2.05, 4.69) is 10.3 Å². The molecule has 3 aromatic carbocycles. The Morgan fingerprint density at radius 3 is 2.31 bits per heavy atom. The maximum absolute atomic E-state index is 12.4. The van der Waals surface area contributed by atoms with Crippen molar-refractivity contribution in [2.75, 3.05) is 0 Å². The zero-order valence-corrected chi connectivity index (χ0v) is 17.3. The van der Waals surface area contributed by atoms with Gasteiger partial charge in [-0.25, -0.2) is 4.99 Å². The van der Waals surface area contributed by atoms with Crippen LogP contribution in [0.3, 0.4) is 0 Å². The third kappa shape index (κ3) is 6.41. The molecule has 1 amide bonds. The monoisotopic (exact) mass is 432 g/mol. The van der Waals surface area contributed by atoms with Crippen molar-refractivity contribution in [3.05, 3.63) is 95.6 Å². The number of aliphatic imine (C=N–C) groups is 1. The fourth-order valence-corrected chi connectivity index (χ4v) is 2.88. The molecule has 1 unspecified atom stereocenters. The number of ether oxygens (including phenoxy) is 1. The van der Waals surface area contributed by atoms with Crippen molar-refractivity contribution in [1.29, 1.82) is 0 Å². The van der Waals surface area contributed by atoms with Gasteiger partial charge >= 0.3 is 5.97 Å². The first kappa shape index (κ1) is 22.5. The second kappa shape index (κ2) is 10.7. The summed E-state index contributed by atoms with van der Waals surface area (Å²) in [6.45, 7) is 0.223. The van der Waals surface area contributed by atoms with Gasteiger partial charge in [-0.05, 0) is 42.3 Å². The minimum Gasteiger partial charge on any atom is -0.480 e. The van der Waals surface area contributed by atoms with Crippen LogP contribution in [0.25, 0.3) is 0 Å². The van der Waals surface area contributed by atoms with Crippen molar-refractivity contribution >= 4 is 17.8 Å². The average molecular weight is 432 g/mol. The molecule has 0 aliphatic rings. The first-order valence-electron chi connectivity index (χ1n) is 9.92. The Kier molecular flexibility index (Phi) is 7.55. The van der Waals surface area contributed by atoms with Gasteiger partial charge in [0.25, 0.3) is 5.91 Å². The normalized spacial score (nSPS) is 12.1. The van der Waals surface area contributed by atoms with Crippen LogP contribution in [0, 0.1) is 0 Å². The summed E-state index contributed by atoms with van der Waals surface area (Å²) in [5.74, 6) is -0.170. The van der Waals surface area contributed by atoms with Gasteiger partial charge in [0.05, 0.1) is 6.54 Å². The number of aliphatic carboxylic acids is 1. The molecule has 0 spiro atoms. The lowest BCUT2D eigenvalue weighted by Gasteiger charge is -2.10. The number of hydrogen-bond donors (Lipinski definition) is 4. The lowest BCUT2D eigenvalue weighted by molar-refractivity contribution is -0.138. The molecule has 6 N–H and O–H groups in total. The summed E-state index contributed by atoms with van der Waals surface area (Å²) in [5, 5.41) is 11.4. The summed E-state index contributed by atoms with van der Waals surface area (Å²) >= 11 is 0. The Morgan fingerprint density at radius 1 is 0.969 bits per heavy atom. The molecule has 3 rings (SSSR count). The van der Waals surface area contributed by atoms with Crippen LogP contribution in [0.15, 0.2) is 83.9 Å². The molecule has 0 fully saturated rings. The molecule has 8 heteroatoms.